The molecule has 0 atom stereocenters. The van der Waals surface area contributed by atoms with Crippen LogP contribution in [0.3, 0.4) is 0 Å². The van der Waals surface area contributed by atoms with Gasteiger partial charge in [0.2, 0.25) is 5.78 Å². The summed E-state index contributed by atoms with van der Waals surface area (Å²) >= 11 is 0. The maximum absolute atomic E-state index is 11.5. The Morgan fingerprint density at radius 2 is 1.78 bits per heavy atom. The van der Waals surface area contributed by atoms with Crippen molar-refractivity contribution in [3.8, 4) is 5.75 Å². The number of ketones is 2. The van der Waals surface area contributed by atoms with E-state index in [-0.39, 0.29) is 24.6 Å². The Hall–Kier alpha value is -2.17. The molecule has 0 aliphatic heterocycles. The van der Waals surface area contributed by atoms with Gasteiger partial charge >= 0.3 is 5.97 Å². The molecular formula is C13H14O5. The van der Waals surface area contributed by atoms with Crippen LogP contribution in [0.15, 0.2) is 24.3 Å². The molecule has 5 heteroatoms. The molecule has 96 valence electrons. The third kappa shape index (κ3) is 4.37. The first kappa shape index (κ1) is 13.9. The second kappa shape index (κ2) is 6.54. The Balaban J connectivity index is 2.49. The lowest BCUT2D eigenvalue weighted by molar-refractivity contribution is -0.154. The summed E-state index contributed by atoms with van der Waals surface area (Å²) in [6, 6.07) is 6.08. The van der Waals surface area contributed by atoms with Gasteiger partial charge in [0.05, 0.1) is 13.0 Å². The van der Waals surface area contributed by atoms with Crippen molar-refractivity contribution in [1.82, 2.24) is 0 Å². The van der Waals surface area contributed by atoms with Crippen molar-refractivity contribution in [1.29, 1.82) is 0 Å². The summed E-state index contributed by atoms with van der Waals surface area (Å²) in [7, 11) is 0. The van der Waals surface area contributed by atoms with Crippen LogP contribution in [0.4, 0.5) is 0 Å². The summed E-state index contributed by atoms with van der Waals surface area (Å²) in [5, 5.41) is 9.07. The predicted molar refractivity (Wildman–Crippen MR) is 63.1 cm³/mol. The zero-order chi connectivity index (χ0) is 13.5. The average molecular weight is 250 g/mol. The van der Waals surface area contributed by atoms with Crippen molar-refractivity contribution in [2.75, 3.05) is 6.61 Å². The predicted octanol–water partition coefficient (Wildman–Crippen LogP) is 1.03. The summed E-state index contributed by atoms with van der Waals surface area (Å²) in [4.78, 5) is 33.8. The van der Waals surface area contributed by atoms with Crippen LogP contribution in [0.2, 0.25) is 0 Å². The standard InChI is InChI=1S/C13H14O5/c1-2-18-13(17)12(16)8-11(15)7-9-3-5-10(14)6-4-9/h3-6,14H,2,7-8H2,1H3. The molecule has 0 amide bonds. The number of rotatable bonds is 6. The van der Waals surface area contributed by atoms with Crippen molar-refractivity contribution in [3.63, 3.8) is 0 Å². The van der Waals surface area contributed by atoms with E-state index in [2.05, 4.69) is 4.74 Å². The Morgan fingerprint density at radius 3 is 2.33 bits per heavy atom. The Morgan fingerprint density at radius 1 is 1.17 bits per heavy atom. The second-order valence-electron chi connectivity index (χ2n) is 3.70. The fourth-order valence-corrected chi connectivity index (χ4v) is 1.37. The van der Waals surface area contributed by atoms with Crippen LogP contribution in [0.25, 0.3) is 0 Å². The number of ether oxygens (including phenoxy) is 1. The van der Waals surface area contributed by atoms with Crippen molar-refractivity contribution in [2.45, 2.75) is 19.8 Å². The molecule has 0 saturated heterocycles. The number of carbonyl (C=O) groups is 3. The largest absolute Gasteiger partial charge is 0.508 e. The van der Waals surface area contributed by atoms with Gasteiger partial charge in [-0.25, -0.2) is 4.79 Å². The molecule has 0 aliphatic rings. The second-order valence-corrected chi connectivity index (χ2v) is 3.70. The molecule has 0 heterocycles. The first-order valence-corrected chi connectivity index (χ1v) is 5.52. The number of phenolic OH excluding ortho intramolecular Hbond substituents is 1. The molecule has 5 nitrogen and oxygen atoms in total. The molecule has 1 aromatic rings. The van der Waals surface area contributed by atoms with Gasteiger partial charge in [0, 0.05) is 6.42 Å². The third-order valence-electron chi connectivity index (χ3n) is 2.20. The Kier molecular flexibility index (Phi) is 5.05. The van der Waals surface area contributed by atoms with Crippen LogP contribution in [-0.2, 0) is 25.5 Å². The highest BCUT2D eigenvalue weighted by Crippen LogP contribution is 2.10. The normalized spacial score (nSPS) is 9.83. The van der Waals surface area contributed by atoms with E-state index in [1.165, 1.54) is 12.1 Å². The van der Waals surface area contributed by atoms with Gasteiger partial charge < -0.3 is 9.84 Å². The van der Waals surface area contributed by atoms with Crippen LogP contribution in [-0.4, -0.2) is 29.2 Å². The first-order valence-electron chi connectivity index (χ1n) is 5.52. The molecule has 1 rings (SSSR count). The number of carbonyl (C=O) groups excluding carboxylic acids is 3. The zero-order valence-corrected chi connectivity index (χ0v) is 10.0. The van der Waals surface area contributed by atoms with Crippen LogP contribution < -0.4 is 0 Å². The van der Waals surface area contributed by atoms with Gasteiger partial charge in [0.15, 0.2) is 0 Å². The molecule has 0 fully saturated rings. The Labute approximate surface area is 104 Å². The van der Waals surface area contributed by atoms with Crippen molar-refractivity contribution in [2.24, 2.45) is 0 Å². The molecule has 18 heavy (non-hydrogen) atoms. The van der Waals surface area contributed by atoms with Crippen molar-refractivity contribution >= 4 is 17.5 Å². The molecule has 0 aliphatic carbocycles. The lowest BCUT2D eigenvalue weighted by atomic mass is 10.1. The lowest BCUT2D eigenvalue weighted by Crippen LogP contribution is -2.21. The first-order chi connectivity index (χ1) is 8.52. The van der Waals surface area contributed by atoms with Gasteiger partial charge in [-0.1, -0.05) is 12.1 Å². The maximum atomic E-state index is 11.5. The third-order valence-corrected chi connectivity index (χ3v) is 2.20. The minimum atomic E-state index is -0.975. The molecule has 0 aromatic heterocycles. The van der Waals surface area contributed by atoms with E-state index in [1.54, 1.807) is 19.1 Å². The van der Waals surface area contributed by atoms with Gasteiger partial charge in [-0.15, -0.1) is 0 Å². The fraction of sp³-hybridized carbons (Fsp3) is 0.308. The van der Waals surface area contributed by atoms with E-state index in [9.17, 15) is 14.4 Å². The van der Waals surface area contributed by atoms with E-state index in [1.807, 2.05) is 0 Å². The minimum absolute atomic E-state index is 0.0470. The quantitative estimate of drug-likeness (QED) is 0.463. The van der Waals surface area contributed by atoms with E-state index in [0.717, 1.165) is 0 Å². The molecular weight excluding hydrogens is 236 g/mol. The van der Waals surface area contributed by atoms with E-state index in [4.69, 9.17) is 5.11 Å². The van der Waals surface area contributed by atoms with Gasteiger partial charge in [-0.05, 0) is 24.6 Å². The summed E-state index contributed by atoms with van der Waals surface area (Å²) < 4.78 is 4.50. The molecule has 0 radical (unpaired) electrons. The number of esters is 1. The number of benzene rings is 1. The van der Waals surface area contributed by atoms with Crippen LogP contribution in [0, 0.1) is 0 Å². The maximum Gasteiger partial charge on any atom is 0.375 e. The minimum Gasteiger partial charge on any atom is -0.508 e. The number of aromatic hydroxyl groups is 1. The SMILES string of the molecule is CCOC(=O)C(=O)CC(=O)Cc1ccc(O)cc1. The highest BCUT2D eigenvalue weighted by Gasteiger charge is 2.18. The van der Waals surface area contributed by atoms with Crippen LogP contribution in [0.1, 0.15) is 18.9 Å². The van der Waals surface area contributed by atoms with Gasteiger partial charge in [0.25, 0.3) is 0 Å². The Bertz CT molecular complexity index is 447. The van der Waals surface area contributed by atoms with E-state index in [0.29, 0.717) is 5.56 Å². The monoisotopic (exact) mass is 250 g/mol. The van der Waals surface area contributed by atoms with E-state index >= 15 is 0 Å². The lowest BCUT2D eigenvalue weighted by Gasteiger charge is -2.02. The number of phenols is 1. The average Bonchev–Trinajstić information content (AvgIpc) is 2.32. The molecule has 1 N–H and O–H groups in total. The molecule has 0 bridgehead atoms. The van der Waals surface area contributed by atoms with Crippen molar-refractivity contribution in [3.05, 3.63) is 29.8 Å². The smallest absolute Gasteiger partial charge is 0.375 e. The van der Waals surface area contributed by atoms with Gasteiger partial charge in [-0.3, -0.25) is 9.59 Å². The summed E-state index contributed by atoms with van der Waals surface area (Å²) in [5.74, 6) is -2.07. The number of Topliss-reactive ketones (excluding diaryl/α,β-unsaturated/α-hetero) is 2. The number of hydrogen-bond acceptors (Lipinski definition) is 5. The van der Waals surface area contributed by atoms with Crippen molar-refractivity contribution < 1.29 is 24.2 Å². The molecule has 0 unspecified atom stereocenters. The highest BCUT2D eigenvalue weighted by atomic mass is 16.5. The number of hydrogen-bond donors (Lipinski definition) is 1. The topological polar surface area (TPSA) is 80.7 Å². The molecule has 0 spiro atoms. The zero-order valence-electron chi connectivity index (χ0n) is 10.0. The molecule has 0 saturated carbocycles. The highest BCUT2D eigenvalue weighted by molar-refractivity contribution is 6.37. The fourth-order valence-electron chi connectivity index (χ4n) is 1.37. The van der Waals surface area contributed by atoms with Crippen LogP contribution in [0.5, 0.6) is 5.75 Å². The van der Waals surface area contributed by atoms with Crippen LogP contribution >= 0.6 is 0 Å². The van der Waals surface area contributed by atoms with Gasteiger partial charge in [0.1, 0.15) is 11.5 Å². The van der Waals surface area contributed by atoms with E-state index < -0.39 is 18.2 Å². The summed E-state index contributed by atoms with van der Waals surface area (Å²) in [5.41, 5.74) is 0.675. The molecule has 1 aromatic carbocycles. The van der Waals surface area contributed by atoms with Gasteiger partial charge in [-0.2, -0.15) is 0 Å². The summed E-state index contributed by atoms with van der Waals surface area (Å²) in [6.07, 6.45) is -0.412. The summed E-state index contributed by atoms with van der Waals surface area (Å²) in [6.45, 7) is 1.69.